The highest BCUT2D eigenvalue weighted by Crippen LogP contribution is 2.40. The van der Waals surface area contributed by atoms with Gasteiger partial charge in [0.25, 0.3) is 0 Å². The van der Waals surface area contributed by atoms with E-state index in [2.05, 4.69) is 31.3 Å². The van der Waals surface area contributed by atoms with Crippen molar-refractivity contribution in [2.24, 2.45) is 44.4 Å². The molecule has 2 aliphatic carbocycles. The maximum absolute atomic E-state index is 12.1. The number of nitrogens with two attached hydrogens (primary N) is 6. The van der Waals surface area contributed by atoms with E-state index in [0.717, 1.165) is 0 Å². The average molecular weight is 1460 g/mol. The summed E-state index contributed by atoms with van der Waals surface area (Å²) >= 11 is 0. The van der Waals surface area contributed by atoms with Gasteiger partial charge in [-0.2, -0.15) is 25.3 Å². The Bertz CT molecular complexity index is 2660. The molecule has 4 aliphatic heterocycles. The molecule has 50 nitrogen and oxygen atoms in total. The van der Waals surface area contributed by atoms with Gasteiger partial charge in [-0.25, -0.2) is 9.98 Å². The van der Waals surface area contributed by atoms with Gasteiger partial charge in [0.05, 0.1) is 49.6 Å². The number of nitrogens with zero attached hydrogens (tertiary/aromatic N) is 2. The smallest absolute Gasteiger partial charge is 0.394 e. The fourth-order valence-corrected chi connectivity index (χ4v) is 10.3. The predicted molar refractivity (Wildman–Crippen MR) is 307 cm³/mol. The molecule has 0 aromatic carbocycles. The first-order valence-corrected chi connectivity index (χ1v) is 31.1. The van der Waals surface area contributed by atoms with Crippen molar-refractivity contribution < 1.29 is 172 Å². The lowest BCUT2D eigenvalue weighted by atomic mass is 9.81. The number of aliphatic hydroxyl groups excluding tert-OH is 12. The molecule has 4 saturated heterocycles. The van der Waals surface area contributed by atoms with Crippen molar-refractivity contribution in [3.63, 3.8) is 0 Å². The van der Waals surface area contributed by atoms with Crippen LogP contribution >= 0.6 is 0 Å². The van der Waals surface area contributed by atoms with Crippen LogP contribution in [0.2, 0.25) is 0 Å². The number of aliphatic imine (C=N–C) groups is 2. The minimum absolute atomic E-state index is 0.138. The Morgan fingerprint density at radius 2 is 0.737 bits per heavy atom. The second-order valence-electron chi connectivity index (χ2n) is 21.2. The zero-order chi connectivity index (χ0) is 73.7. The Morgan fingerprint density at radius 1 is 0.463 bits per heavy atom. The highest BCUT2D eigenvalue weighted by atomic mass is 32.3. The van der Waals surface area contributed by atoms with Gasteiger partial charge in [0.2, 0.25) is 0 Å². The topological polar surface area (TPSA) is 892 Å². The summed E-state index contributed by atoms with van der Waals surface area (Å²) in [6.45, 7) is 1.23. The van der Waals surface area contributed by atoms with Crippen molar-refractivity contribution >= 4 is 67.6 Å². The van der Waals surface area contributed by atoms with Gasteiger partial charge >= 0.3 is 31.2 Å². The molecule has 30 atom stereocenters. The number of aliphatic hydroxyl groups is 14. The number of rotatable bonds is 18. The second kappa shape index (κ2) is 35.7. The monoisotopic (exact) mass is 1460 g/mol. The maximum Gasteiger partial charge on any atom is 0.394 e. The van der Waals surface area contributed by atoms with Gasteiger partial charge in [0.1, 0.15) is 110 Å². The number of guanidine groups is 4. The number of hydrogen-bond acceptors (Lipinski definition) is 36. The van der Waals surface area contributed by atoms with E-state index in [9.17, 15) is 81.1 Å². The lowest BCUT2D eigenvalue weighted by molar-refractivity contribution is -0.314. The summed E-state index contributed by atoms with van der Waals surface area (Å²) in [5.41, 5.74) is 27.6. The minimum atomic E-state index is -4.67. The summed E-state index contributed by atoms with van der Waals surface area (Å²) in [7, 11) is -11.2. The van der Waals surface area contributed by atoms with Crippen LogP contribution in [0.1, 0.15) is 13.8 Å². The van der Waals surface area contributed by atoms with E-state index in [0.29, 0.717) is 0 Å². The van der Waals surface area contributed by atoms with Crippen LogP contribution in [0.25, 0.3) is 0 Å². The maximum atomic E-state index is 12.1. The van der Waals surface area contributed by atoms with Crippen molar-refractivity contribution in [3.05, 3.63) is 0 Å². The number of nitrogens with one attached hydrogen (secondary N) is 6. The average Bonchev–Trinajstić information content (AvgIpc) is 1.68. The Kier molecular flexibility index (Phi) is 32.4. The predicted octanol–water partition coefficient (Wildman–Crippen LogP) is -17.9. The van der Waals surface area contributed by atoms with Crippen molar-refractivity contribution in [1.82, 2.24) is 21.3 Å². The third kappa shape index (κ3) is 23.6. The van der Waals surface area contributed by atoms with E-state index in [1.165, 1.54) is 27.9 Å². The Morgan fingerprint density at radius 3 is 0.958 bits per heavy atom. The number of aldehydes is 2. The lowest BCUT2D eigenvalue weighted by Gasteiger charge is -2.46. The van der Waals surface area contributed by atoms with Crippen molar-refractivity contribution in [2.45, 2.75) is 196 Å². The van der Waals surface area contributed by atoms with Gasteiger partial charge in [0.15, 0.2) is 72.8 Å². The molecule has 0 amide bonds. The van der Waals surface area contributed by atoms with Gasteiger partial charge in [-0.1, -0.05) is 0 Å². The van der Waals surface area contributed by atoms with Crippen molar-refractivity contribution in [1.29, 1.82) is 10.8 Å². The van der Waals surface area contributed by atoms with Crippen LogP contribution in [-0.2, 0) is 78.7 Å². The van der Waals surface area contributed by atoms with Crippen LogP contribution in [0.15, 0.2) is 9.98 Å². The standard InChI is InChI=1S/2C21H39N7O12.3H2O4S/c2*1-5-21(36,4-30)16(40-17-9(26-2)13(34)10(31)6(3-29)38-17)18(37-5)39-15-8(28-20(24)25)11(32)7(27-19(22)23)12(33)14(15)35;3*1-5(2,3)4/h2*4-18,26,29,31-36H,3H2,1-2H3,(H4,22,23,27)(H4,24,25,28);3*(H2,1,2,3,4)/t2*5?,6?,7?,8?,9?,10?,11?,12?,13?,14?,15?,16?,17?,18?,21-;;;/m11.../s1. The molecule has 0 aromatic rings. The number of carbonyl (C=O) groups is 2. The summed E-state index contributed by atoms with van der Waals surface area (Å²) in [6, 6.07) is -8.03. The molecule has 556 valence electrons. The zero-order valence-electron chi connectivity index (χ0n) is 49.8. The molecular formula is C42H84N14O36S3. The van der Waals surface area contributed by atoms with Gasteiger partial charge < -0.3 is 165 Å². The van der Waals surface area contributed by atoms with E-state index in [1.807, 2.05) is 0 Å². The SMILES string of the molecule is CNC1C(OC2C(OC3C(O)C(O)C(N=C(N)N)C(O)C3NC(=N)N)OC(C)[C@]2(O)C=O)OC(CO)C(O)C1O.CNC1C(OC2C(OC3C(O)C(O)C(N=C(N)N)C(O)C3NC(=N)N)OC(C)[C@]2(O)C=O)OC(CO)C(O)C1O.O=S(=O)(O)O.O=S(=O)(O)O.O=S(=O)(O)O. The van der Waals surface area contributed by atoms with Gasteiger partial charge in [-0.05, 0) is 27.9 Å². The normalized spacial score (nSPS) is 41.8. The molecule has 2 saturated carbocycles. The largest absolute Gasteiger partial charge is 0.394 e. The highest BCUT2D eigenvalue weighted by molar-refractivity contribution is 7.80. The lowest BCUT2D eigenvalue weighted by Crippen LogP contribution is -2.70. The molecule has 6 fully saturated rings. The van der Waals surface area contributed by atoms with Crippen molar-refractivity contribution in [2.75, 3.05) is 27.3 Å². The fourth-order valence-electron chi connectivity index (χ4n) is 10.3. The molecule has 0 aromatic heterocycles. The van der Waals surface area contributed by atoms with Crippen LogP contribution in [0.5, 0.6) is 0 Å². The molecule has 4 heterocycles. The molecule has 6 aliphatic rings. The fraction of sp³-hybridized carbons (Fsp3) is 0.857. The molecule has 38 N–H and O–H groups in total. The molecule has 95 heavy (non-hydrogen) atoms. The summed E-state index contributed by atoms with van der Waals surface area (Å²) in [4.78, 5) is 31.6. The third-order valence-electron chi connectivity index (χ3n) is 14.8. The first-order valence-electron chi connectivity index (χ1n) is 26.9. The molecule has 0 radical (unpaired) electrons. The van der Waals surface area contributed by atoms with Gasteiger partial charge in [0, 0.05) is 0 Å². The van der Waals surface area contributed by atoms with Crippen LogP contribution < -0.4 is 55.7 Å². The first-order chi connectivity index (χ1) is 43.4. The summed E-state index contributed by atoms with van der Waals surface area (Å²) in [5.74, 6) is -2.32. The number of likely N-dealkylation sites (N-methyl/N-ethyl adjacent to an activating group) is 2. The third-order valence-corrected chi connectivity index (χ3v) is 14.8. The Balaban J connectivity index is 0.000000531. The zero-order valence-corrected chi connectivity index (χ0v) is 52.2. The Hall–Kier alpha value is -4.93. The second-order valence-corrected chi connectivity index (χ2v) is 23.9. The summed E-state index contributed by atoms with van der Waals surface area (Å²) in [5, 5.41) is 173. The number of ether oxygens (including phenoxy) is 8. The highest BCUT2D eigenvalue weighted by Gasteiger charge is 2.63. The molecule has 0 bridgehead atoms. The van der Waals surface area contributed by atoms with Crippen LogP contribution in [0, 0.1) is 10.8 Å². The van der Waals surface area contributed by atoms with Crippen LogP contribution in [0.3, 0.4) is 0 Å². The molecule has 0 spiro atoms. The summed E-state index contributed by atoms with van der Waals surface area (Å²) < 4.78 is 141. The van der Waals surface area contributed by atoms with E-state index < -0.39 is 251 Å². The van der Waals surface area contributed by atoms with E-state index >= 15 is 0 Å². The van der Waals surface area contributed by atoms with E-state index in [4.69, 9.17) is 136 Å². The number of carbonyl (C=O) groups excluding carboxylic acids is 2. The van der Waals surface area contributed by atoms with Crippen LogP contribution in [-0.4, -0.2) is 370 Å². The summed E-state index contributed by atoms with van der Waals surface area (Å²) in [6.07, 6.45) is -34.6. The first kappa shape index (κ1) is 86.2. The van der Waals surface area contributed by atoms with Crippen LogP contribution in [0.4, 0.5) is 0 Å². The molecule has 53 heteroatoms. The molecular weight excluding hydrogens is 1370 g/mol. The van der Waals surface area contributed by atoms with E-state index in [1.54, 1.807) is 0 Å². The number of hydrogen-bond donors (Lipinski definition) is 32. The quantitative estimate of drug-likeness (QED) is 0.0262. The molecule has 6 rings (SSSR count). The van der Waals surface area contributed by atoms with Crippen molar-refractivity contribution in [3.8, 4) is 0 Å². The van der Waals surface area contributed by atoms with Gasteiger partial charge in [-0.15, -0.1) is 0 Å². The minimum Gasteiger partial charge on any atom is -0.394 e. The Labute approximate surface area is 537 Å². The van der Waals surface area contributed by atoms with Gasteiger partial charge in [-0.3, -0.25) is 47.7 Å². The van der Waals surface area contributed by atoms with E-state index in [-0.39, 0.29) is 12.6 Å². The molecule has 28 unspecified atom stereocenters.